The van der Waals surface area contributed by atoms with Gasteiger partial charge in [-0.05, 0) is 69.2 Å². The predicted molar refractivity (Wildman–Crippen MR) is 154 cm³/mol. The summed E-state index contributed by atoms with van der Waals surface area (Å²) in [7, 11) is 0. The van der Waals surface area contributed by atoms with Crippen molar-refractivity contribution in [3.63, 3.8) is 0 Å². The zero-order valence-corrected chi connectivity index (χ0v) is 23.9. The van der Waals surface area contributed by atoms with Gasteiger partial charge in [-0.3, -0.25) is 14.7 Å². The Kier molecular flexibility index (Phi) is 8.74. The van der Waals surface area contributed by atoms with Gasteiger partial charge in [0.2, 0.25) is 0 Å². The molecule has 5 heteroatoms. The van der Waals surface area contributed by atoms with Crippen LogP contribution in [0, 0.1) is 5.92 Å². The van der Waals surface area contributed by atoms with Crippen LogP contribution in [0.15, 0.2) is 53.5 Å². The van der Waals surface area contributed by atoms with Gasteiger partial charge >= 0.3 is 5.97 Å². The van der Waals surface area contributed by atoms with Crippen molar-refractivity contribution in [2.75, 3.05) is 0 Å². The van der Waals surface area contributed by atoms with E-state index in [0.29, 0.717) is 18.0 Å². The highest BCUT2D eigenvalue weighted by Crippen LogP contribution is 2.37. The number of amidine groups is 1. The highest BCUT2D eigenvalue weighted by Gasteiger charge is 2.45. The number of rotatable bonds is 9. The summed E-state index contributed by atoms with van der Waals surface area (Å²) in [6, 6.07) is 15.7. The van der Waals surface area contributed by atoms with Crippen molar-refractivity contribution in [1.82, 2.24) is 4.90 Å². The molecular weight excluding hydrogens is 472 g/mol. The molecule has 204 valence electrons. The predicted octanol–water partition coefficient (Wildman–Crippen LogP) is 7.97. The number of hydrogen-bond donors (Lipinski definition) is 0. The van der Waals surface area contributed by atoms with E-state index in [9.17, 15) is 9.59 Å². The fraction of sp³-hybridized carbons (Fsp3) is 0.545. The zero-order valence-electron chi connectivity index (χ0n) is 23.9. The molecule has 0 N–H and O–H groups in total. The Morgan fingerprint density at radius 1 is 1.05 bits per heavy atom. The first-order chi connectivity index (χ1) is 18.1. The SMILES string of the molecule is CCCCC1=N[C@@](C)(CC2CCCCC2)C(=O)N1Cc1ccc(-c2ccccc2C(=O)OC(C)(C)C)cc1. The molecule has 0 aromatic heterocycles. The Morgan fingerprint density at radius 3 is 2.39 bits per heavy atom. The molecule has 1 amide bonds. The highest BCUT2D eigenvalue weighted by molar-refractivity contribution is 6.08. The lowest BCUT2D eigenvalue weighted by atomic mass is 9.80. The van der Waals surface area contributed by atoms with E-state index in [1.807, 2.05) is 69.0 Å². The van der Waals surface area contributed by atoms with E-state index in [1.165, 1.54) is 32.1 Å². The number of aliphatic imine (C=N–C) groups is 1. The minimum atomic E-state index is -0.641. The van der Waals surface area contributed by atoms with Gasteiger partial charge < -0.3 is 4.74 Å². The molecule has 2 aliphatic rings. The van der Waals surface area contributed by atoms with E-state index in [0.717, 1.165) is 48.2 Å². The summed E-state index contributed by atoms with van der Waals surface area (Å²) in [6.45, 7) is 10.4. The van der Waals surface area contributed by atoms with Crippen LogP contribution in [0.4, 0.5) is 0 Å². The fourth-order valence-electron chi connectivity index (χ4n) is 5.79. The maximum absolute atomic E-state index is 13.8. The van der Waals surface area contributed by atoms with Crippen molar-refractivity contribution >= 4 is 17.7 Å². The number of esters is 1. The first kappa shape index (κ1) is 28.1. The van der Waals surface area contributed by atoms with Crippen molar-refractivity contribution in [3.05, 3.63) is 59.7 Å². The lowest BCUT2D eigenvalue weighted by Crippen LogP contribution is -2.41. The average molecular weight is 517 g/mol. The molecule has 2 aromatic carbocycles. The summed E-state index contributed by atoms with van der Waals surface area (Å²) in [4.78, 5) is 33.6. The molecule has 1 fully saturated rings. The fourth-order valence-corrected chi connectivity index (χ4v) is 5.79. The number of unbranched alkanes of at least 4 members (excludes halogenated alkanes) is 1. The summed E-state index contributed by atoms with van der Waals surface area (Å²) >= 11 is 0. The van der Waals surface area contributed by atoms with Gasteiger partial charge in [0, 0.05) is 6.42 Å². The minimum Gasteiger partial charge on any atom is -0.456 e. The Bertz CT molecular complexity index is 1160. The van der Waals surface area contributed by atoms with Crippen LogP contribution in [-0.2, 0) is 16.1 Å². The van der Waals surface area contributed by atoms with Crippen molar-refractivity contribution in [2.24, 2.45) is 10.9 Å². The van der Waals surface area contributed by atoms with Gasteiger partial charge in [-0.25, -0.2) is 4.79 Å². The molecule has 1 aliphatic heterocycles. The number of carbonyl (C=O) groups is 2. The summed E-state index contributed by atoms with van der Waals surface area (Å²) in [5.41, 5.74) is 2.21. The average Bonchev–Trinajstić information content (AvgIpc) is 3.11. The van der Waals surface area contributed by atoms with Crippen LogP contribution in [0.5, 0.6) is 0 Å². The smallest absolute Gasteiger partial charge is 0.339 e. The summed E-state index contributed by atoms with van der Waals surface area (Å²) in [5.74, 6) is 1.36. The Labute approximate surface area is 228 Å². The maximum Gasteiger partial charge on any atom is 0.339 e. The molecule has 0 saturated heterocycles. The molecule has 0 bridgehead atoms. The second kappa shape index (κ2) is 11.8. The molecule has 1 heterocycles. The second-order valence-electron chi connectivity index (χ2n) is 12.2. The number of amides is 1. The zero-order chi connectivity index (χ0) is 27.3. The molecule has 1 aliphatic carbocycles. The third-order valence-corrected chi connectivity index (χ3v) is 7.71. The van der Waals surface area contributed by atoms with E-state index >= 15 is 0 Å². The topological polar surface area (TPSA) is 59.0 Å². The highest BCUT2D eigenvalue weighted by atomic mass is 16.6. The van der Waals surface area contributed by atoms with E-state index in [4.69, 9.17) is 9.73 Å². The van der Waals surface area contributed by atoms with Gasteiger partial charge in [0.25, 0.3) is 5.91 Å². The lowest BCUT2D eigenvalue weighted by molar-refractivity contribution is -0.131. The van der Waals surface area contributed by atoms with Crippen LogP contribution in [0.1, 0.15) is 108 Å². The largest absolute Gasteiger partial charge is 0.456 e. The van der Waals surface area contributed by atoms with E-state index < -0.39 is 11.1 Å². The number of ether oxygens (including phenoxy) is 1. The minimum absolute atomic E-state index is 0.147. The molecule has 0 spiro atoms. The van der Waals surface area contributed by atoms with Crippen LogP contribution >= 0.6 is 0 Å². The van der Waals surface area contributed by atoms with Crippen molar-refractivity contribution in [1.29, 1.82) is 0 Å². The Morgan fingerprint density at radius 2 is 1.74 bits per heavy atom. The molecule has 1 atom stereocenters. The first-order valence-corrected chi connectivity index (χ1v) is 14.4. The third kappa shape index (κ3) is 6.73. The summed E-state index contributed by atoms with van der Waals surface area (Å²) < 4.78 is 5.63. The van der Waals surface area contributed by atoms with Gasteiger partial charge in [-0.1, -0.05) is 87.9 Å². The van der Waals surface area contributed by atoms with Gasteiger partial charge in [0.05, 0.1) is 12.1 Å². The molecule has 4 rings (SSSR count). The molecule has 1 saturated carbocycles. The van der Waals surface area contributed by atoms with Gasteiger partial charge in [-0.15, -0.1) is 0 Å². The Balaban J connectivity index is 1.52. The van der Waals surface area contributed by atoms with E-state index in [1.54, 1.807) is 0 Å². The molecule has 0 radical (unpaired) electrons. The van der Waals surface area contributed by atoms with E-state index in [-0.39, 0.29) is 11.9 Å². The van der Waals surface area contributed by atoms with Crippen LogP contribution in [0.3, 0.4) is 0 Å². The van der Waals surface area contributed by atoms with Crippen LogP contribution < -0.4 is 0 Å². The summed E-state index contributed by atoms with van der Waals surface area (Å²) in [5, 5.41) is 0. The number of benzene rings is 2. The molecule has 5 nitrogen and oxygen atoms in total. The normalized spacial score (nSPS) is 20.5. The van der Waals surface area contributed by atoms with Crippen molar-refractivity contribution < 1.29 is 14.3 Å². The van der Waals surface area contributed by atoms with Crippen LogP contribution in [0.2, 0.25) is 0 Å². The van der Waals surface area contributed by atoms with Gasteiger partial charge in [0.1, 0.15) is 17.0 Å². The number of nitrogens with zero attached hydrogens (tertiary/aromatic N) is 2. The second-order valence-corrected chi connectivity index (χ2v) is 12.2. The quantitative estimate of drug-likeness (QED) is 0.318. The molecule has 0 unspecified atom stereocenters. The summed E-state index contributed by atoms with van der Waals surface area (Å²) in [6.07, 6.45) is 10.1. The first-order valence-electron chi connectivity index (χ1n) is 14.4. The maximum atomic E-state index is 13.8. The third-order valence-electron chi connectivity index (χ3n) is 7.71. The molecular formula is C33H44N2O3. The van der Waals surface area contributed by atoms with Gasteiger partial charge in [0.15, 0.2) is 0 Å². The van der Waals surface area contributed by atoms with Crippen LogP contribution in [-0.4, -0.2) is 33.8 Å². The standard InChI is InChI=1S/C33H44N2O3/c1-6-7-17-29-34-33(5,22-24-13-9-8-10-14-24)31(37)35(29)23-25-18-20-26(21-19-25)27-15-11-12-16-28(27)30(36)38-32(2,3)4/h11-12,15-16,18-21,24H,6-10,13-14,17,22-23H2,1-5H3/t33-/m0/s1. The molecule has 2 aromatic rings. The molecule has 38 heavy (non-hydrogen) atoms. The van der Waals surface area contributed by atoms with Crippen LogP contribution in [0.25, 0.3) is 11.1 Å². The Hall–Kier alpha value is -2.95. The van der Waals surface area contributed by atoms with Crippen molar-refractivity contribution in [3.8, 4) is 11.1 Å². The number of hydrogen-bond acceptors (Lipinski definition) is 4. The van der Waals surface area contributed by atoms with Crippen molar-refractivity contribution in [2.45, 2.75) is 110 Å². The monoisotopic (exact) mass is 516 g/mol. The lowest BCUT2D eigenvalue weighted by Gasteiger charge is -2.29. The van der Waals surface area contributed by atoms with E-state index in [2.05, 4.69) is 19.1 Å². The van der Waals surface area contributed by atoms with Gasteiger partial charge in [-0.2, -0.15) is 0 Å². The number of carbonyl (C=O) groups excluding carboxylic acids is 2.